The number of anilines is 2. The molecule has 0 radical (unpaired) electrons. The highest BCUT2D eigenvalue weighted by atomic mass is 19.1. The molecule has 0 fully saturated rings. The molecule has 1 aliphatic rings. The molecule has 0 bridgehead atoms. The van der Waals surface area contributed by atoms with Crippen LogP contribution in [0.15, 0.2) is 42.7 Å². The molecule has 0 saturated carbocycles. The standard InChI is InChI=1S/C23H20FN5O4/c1-33-20-8-17(24)19(29(31)32)9-18(20)26-23-25-10-14(12-30)21(27-23)16-11-28-7-3-5-13-4-2-6-15(16)22(13)28/h2,4,6,8-11,30H,3,5,7,12H2,1H3,(H,25,26,27). The van der Waals surface area contributed by atoms with Gasteiger partial charge in [0.05, 0.1) is 35.5 Å². The van der Waals surface area contributed by atoms with E-state index < -0.39 is 16.4 Å². The Labute approximate surface area is 187 Å². The lowest BCUT2D eigenvalue weighted by molar-refractivity contribution is -0.387. The molecular formula is C23H20FN5O4. The van der Waals surface area contributed by atoms with Crippen LogP contribution < -0.4 is 10.1 Å². The summed E-state index contributed by atoms with van der Waals surface area (Å²) in [6.45, 7) is 0.641. The van der Waals surface area contributed by atoms with Gasteiger partial charge >= 0.3 is 5.69 Å². The van der Waals surface area contributed by atoms with Crippen molar-refractivity contribution >= 4 is 28.2 Å². The van der Waals surface area contributed by atoms with Crippen LogP contribution in [0.25, 0.3) is 22.2 Å². The first kappa shape index (κ1) is 20.8. The minimum absolute atomic E-state index is 0.0709. The molecule has 1 aliphatic heterocycles. The number of aliphatic hydroxyl groups excluding tert-OH is 1. The maximum Gasteiger partial charge on any atom is 0.307 e. The molecule has 9 nitrogen and oxygen atoms in total. The van der Waals surface area contributed by atoms with Gasteiger partial charge in [0.2, 0.25) is 11.8 Å². The zero-order valence-corrected chi connectivity index (χ0v) is 17.7. The van der Waals surface area contributed by atoms with Gasteiger partial charge < -0.3 is 19.7 Å². The fraction of sp³-hybridized carbons (Fsp3) is 0.217. The van der Waals surface area contributed by atoms with Gasteiger partial charge in [-0.1, -0.05) is 18.2 Å². The van der Waals surface area contributed by atoms with E-state index in [4.69, 9.17) is 4.74 Å². The molecule has 4 aromatic rings. The van der Waals surface area contributed by atoms with Crippen molar-refractivity contribution in [3.8, 4) is 17.0 Å². The van der Waals surface area contributed by atoms with Crippen LogP contribution in [0.2, 0.25) is 0 Å². The third-order valence-electron chi connectivity index (χ3n) is 5.83. The van der Waals surface area contributed by atoms with Crippen molar-refractivity contribution in [1.29, 1.82) is 0 Å². The van der Waals surface area contributed by atoms with Crippen LogP contribution in [0.3, 0.4) is 0 Å². The maximum atomic E-state index is 14.0. The molecule has 0 atom stereocenters. The van der Waals surface area contributed by atoms with E-state index in [1.807, 2.05) is 18.3 Å². The number of hydrogen-bond donors (Lipinski definition) is 2. The highest BCUT2D eigenvalue weighted by Crippen LogP contribution is 2.37. The molecule has 0 aliphatic carbocycles. The molecule has 33 heavy (non-hydrogen) atoms. The number of nitro groups is 1. The molecular weight excluding hydrogens is 429 g/mol. The summed E-state index contributed by atoms with van der Waals surface area (Å²) in [4.78, 5) is 19.2. The van der Waals surface area contributed by atoms with Crippen LogP contribution in [-0.2, 0) is 19.6 Å². The van der Waals surface area contributed by atoms with Crippen LogP contribution in [0, 0.1) is 15.9 Å². The number of para-hydroxylation sites is 1. The second-order valence-corrected chi connectivity index (χ2v) is 7.76. The summed E-state index contributed by atoms with van der Waals surface area (Å²) in [5, 5.41) is 25.0. The monoisotopic (exact) mass is 449 g/mol. The smallest absolute Gasteiger partial charge is 0.307 e. The number of aromatic nitrogens is 3. The second-order valence-electron chi connectivity index (χ2n) is 7.76. The SMILES string of the molecule is COc1cc(F)c([N+](=O)[O-])cc1Nc1ncc(CO)c(-c2cn3c4c(cccc24)CCC3)n1. The van der Waals surface area contributed by atoms with Crippen molar-refractivity contribution in [3.05, 3.63) is 69.8 Å². The quantitative estimate of drug-likeness (QED) is 0.332. The Hall–Kier alpha value is -4.05. The van der Waals surface area contributed by atoms with E-state index in [2.05, 4.69) is 25.9 Å². The van der Waals surface area contributed by atoms with E-state index in [1.54, 1.807) is 0 Å². The highest BCUT2D eigenvalue weighted by Gasteiger charge is 2.22. The summed E-state index contributed by atoms with van der Waals surface area (Å²) in [7, 11) is 1.33. The predicted octanol–water partition coefficient (Wildman–Crippen LogP) is 4.34. The highest BCUT2D eigenvalue weighted by molar-refractivity contribution is 5.98. The van der Waals surface area contributed by atoms with Gasteiger partial charge in [0, 0.05) is 47.6 Å². The van der Waals surface area contributed by atoms with Gasteiger partial charge in [-0.15, -0.1) is 0 Å². The van der Waals surface area contributed by atoms with Gasteiger partial charge in [-0.2, -0.15) is 4.39 Å². The Morgan fingerprint density at radius 3 is 2.97 bits per heavy atom. The van der Waals surface area contributed by atoms with Crippen LogP contribution >= 0.6 is 0 Å². The zero-order valence-electron chi connectivity index (χ0n) is 17.7. The van der Waals surface area contributed by atoms with E-state index in [0.717, 1.165) is 48.0 Å². The summed E-state index contributed by atoms with van der Waals surface area (Å²) in [6, 6.07) is 8.14. The number of ether oxygens (including phenoxy) is 1. The van der Waals surface area contributed by atoms with Crippen molar-refractivity contribution < 1.29 is 19.2 Å². The number of aliphatic hydroxyl groups is 1. The first-order valence-electron chi connectivity index (χ1n) is 10.4. The number of aryl methyl sites for hydroxylation is 2. The van der Waals surface area contributed by atoms with Gasteiger partial charge in [0.1, 0.15) is 5.75 Å². The Balaban J connectivity index is 1.62. The topological polar surface area (TPSA) is 115 Å². The Morgan fingerprint density at radius 2 is 2.21 bits per heavy atom. The van der Waals surface area contributed by atoms with E-state index in [0.29, 0.717) is 11.3 Å². The van der Waals surface area contributed by atoms with Gasteiger partial charge in [-0.3, -0.25) is 10.1 Å². The second kappa shape index (κ2) is 8.14. The van der Waals surface area contributed by atoms with Crippen molar-refractivity contribution in [2.45, 2.75) is 26.0 Å². The van der Waals surface area contributed by atoms with E-state index in [1.165, 1.54) is 18.9 Å². The number of halogens is 1. The van der Waals surface area contributed by atoms with Gasteiger partial charge in [0.25, 0.3) is 0 Å². The Morgan fingerprint density at radius 1 is 1.36 bits per heavy atom. The maximum absolute atomic E-state index is 14.0. The molecule has 2 N–H and O–H groups in total. The summed E-state index contributed by atoms with van der Waals surface area (Å²) in [6.07, 6.45) is 5.59. The number of methoxy groups -OCH3 is 1. The number of nitrogens with zero attached hydrogens (tertiary/aromatic N) is 4. The van der Waals surface area contributed by atoms with Crippen molar-refractivity contribution in [2.24, 2.45) is 0 Å². The largest absolute Gasteiger partial charge is 0.494 e. The van der Waals surface area contributed by atoms with E-state index >= 15 is 0 Å². The molecule has 0 spiro atoms. The molecule has 3 heterocycles. The average molecular weight is 449 g/mol. The van der Waals surface area contributed by atoms with Gasteiger partial charge in [-0.25, -0.2) is 9.97 Å². The molecule has 10 heteroatoms. The number of benzene rings is 2. The van der Waals surface area contributed by atoms with Crippen molar-refractivity contribution in [1.82, 2.24) is 14.5 Å². The minimum Gasteiger partial charge on any atom is -0.494 e. The molecule has 5 rings (SSSR count). The molecule has 0 saturated heterocycles. The number of rotatable bonds is 6. The fourth-order valence-electron chi connectivity index (χ4n) is 4.33. The lowest BCUT2D eigenvalue weighted by Crippen LogP contribution is -2.05. The summed E-state index contributed by atoms with van der Waals surface area (Å²) < 4.78 is 21.4. The number of nitro benzene ring substituents is 1. The van der Waals surface area contributed by atoms with Crippen molar-refractivity contribution in [2.75, 3.05) is 12.4 Å². The van der Waals surface area contributed by atoms with Gasteiger partial charge in [-0.05, 0) is 18.4 Å². The number of nitrogens with one attached hydrogen (secondary N) is 1. The zero-order chi connectivity index (χ0) is 23.1. The lowest BCUT2D eigenvalue weighted by Gasteiger charge is -2.14. The average Bonchev–Trinajstić information content (AvgIpc) is 3.20. The summed E-state index contributed by atoms with van der Waals surface area (Å²) in [5.41, 5.74) is 3.84. The molecule has 2 aromatic heterocycles. The Kier molecular flexibility index (Phi) is 5.14. The molecule has 0 unspecified atom stereocenters. The summed E-state index contributed by atoms with van der Waals surface area (Å²) >= 11 is 0. The van der Waals surface area contributed by atoms with Crippen LogP contribution in [0.4, 0.5) is 21.7 Å². The summed E-state index contributed by atoms with van der Waals surface area (Å²) in [5.74, 6) is -0.802. The van der Waals surface area contributed by atoms with Crippen LogP contribution in [-0.4, -0.2) is 31.7 Å². The molecule has 0 amide bonds. The van der Waals surface area contributed by atoms with Crippen molar-refractivity contribution in [3.63, 3.8) is 0 Å². The lowest BCUT2D eigenvalue weighted by atomic mass is 10.0. The minimum atomic E-state index is -1.01. The normalized spacial score (nSPS) is 12.7. The van der Waals surface area contributed by atoms with Crippen LogP contribution in [0.1, 0.15) is 17.5 Å². The third-order valence-corrected chi connectivity index (χ3v) is 5.83. The number of hydrogen-bond acceptors (Lipinski definition) is 7. The first-order valence-corrected chi connectivity index (χ1v) is 10.4. The molecule has 2 aromatic carbocycles. The Bertz CT molecular complexity index is 1400. The molecule has 168 valence electrons. The predicted molar refractivity (Wildman–Crippen MR) is 120 cm³/mol. The third kappa shape index (κ3) is 3.54. The van der Waals surface area contributed by atoms with E-state index in [-0.39, 0.29) is 24.0 Å². The van der Waals surface area contributed by atoms with Crippen LogP contribution in [0.5, 0.6) is 5.75 Å². The first-order chi connectivity index (χ1) is 16.0. The van der Waals surface area contributed by atoms with E-state index in [9.17, 15) is 19.6 Å². The fourth-order valence-corrected chi connectivity index (χ4v) is 4.33. The van der Waals surface area contributed by atoms with Gasteiger partial charge in [0.15, 0.2) is 0 Å².